The highest BCUT2D eigenvalue weighted by Gasteiger charge is 2.13. The van der Waals surface area contributed by atoms with Gasteiger partial charge >= 0.3 is 0 Å². The zero-order valence-corrected chi connectivity index (χ0v) is 16.2. The molecule has 0 aliphatic heterocycles. The number of rotatable bonds is 7. The first-order valence-corrected chi connectivity index (χ1v) is 9.77. The maximum atomic E-state index is 6.08. The second-order valence-corrected chi connectivity index (χ2v) is 7.23. The smallest absolute Gasteiger partial charge is 0.210 e. The average Bonchev–Trinajstić information content (AvgIpc) is 3.34. The normalized spacial score (nSPS) is 10.9. The predicted molar refractivity (Wildman–Crippen MR) is 107 cm³/mol. The topological polar surface area (TPSA) is 92.0 Å². The summed E-state index contributed by atoms with van der Waals surface area (Å²) in [7, 11) is 0. The molecule has 7 nitrogen and oxygen atoms in total. The summed E-state index contributed by atoms with van der Waals surface area (Å²) in [6.45, 7) is 0.202. The van der Waals surface area contributed by atoms with Crippen molar-refractivity contribution in [3.63, 3.8) is 0 Å². The molecule has 0 unspecified atom stereocenters. The molecular formula is C19H16ClN5O2S. The van der Waals surface area contributed by atoms with E-state index in [1.54, 1.807) is 24.3 Å². The highest BCUT2D eigenvalue weighted by molar-refractivity contribution is 7.98. The summed E-state index contributed by atoms with van der Waals surface area (Å²) < 4.78 is 12.5. The number of hydrogen-bond acceptors (Lipinski definition) is 7. The second-order valence-electron chi connectivity index (χ2n) is 5.85. The number of nitrogen functional groups attached to an aromatic ring is 1. The van der Waals surface area contributed by atoms with Gasteiger partial charge in [-0.15, -0.1) is 10.2 Å². The lowest BCUT2D eigenvalue weighted by Gasteiger charge is -2.06. The third-order valence-electron chi connectivity index (χ3n) is 3.88. The molecular weight excluding hydrogens is 398 g/mol. The first-order chi connectivity index (χ1) is 13.7. The molecule has 0 amide bonds. The Labute approximate surface area is 170 Å². The third kappa shape index (κ3) is 4.29. The van der Waals surface area contributed by atoms with Gasteiger partial charge in [-0.2, -0.15) is 0 Å². The first-order valence-electron chi connectivity index (χ1n) is 8.40. The Morgan fingerprint density at radius 1 is 1.07 bits per heavy atom. The van der Waals surface area contributed by atoms with Crippen LogP contribution in [0, 0.1) is 0 Å². The lowest BCUT2D eigenvalue weighted by Crippen LogP contribution is -2.15. The van der Waals surface area contributed by atoms with E-state index in [0.717, 1.165) is 17.0 Å². The molecule has 0 atom stereocenters. The number of ether oxygens (including phenoxy) is 1. The fourth-order valence-corrected chi connectivity index (χ4v) is 3.32. The van der Waals surface area contributed by atoms with Gasteiger partial charge in [0, 0.05) is 22.4 Å². The van der Waals surface area contributed by atoms with Gasteiger partial charge in [0.1, 0.15) is 12.4 Å². The Kier molecular flexibility index (Phi) is 5.50. The van der Waals surface area contributed by atoms with Crippen LogP contribution in [0.2, 0.25) is 5.02 Å². The summed E-state index contributed by atoms with van der Waals surface area (Å²) in [4.78, 5) is 0. The first kappa shape index (κ1) is 18.4. The van der Waals surface area contributed by atoms with E-state index in [2.05, 4.69) is 15.4 Å². The molecule has 9 heteroatoms. The van der Waals surface area contributed by atoms with Crippen molar-refractivity contribution in [3.8, 4) is 17.1 Å². The molecule has 0 aliphatic rings. The van der Waals surface area contributed by atoms with Gasteiger partial charge < -0.3 is 15.1 Å². The zero-order chi connectivity index (χ0) is 19.3. The van der Waals surface area contributed by atoms with Gasteiger partial charge in [-0.25, -0.2) is 4.68 Å². The molecule has 28 heavy (non-hydrogen) atoms. The number of nitrogens with zero attached hydrogens (tertiary/aromatic N) is 4. The highest BCUT2D eigenvalue weighted by atomic mass is 35.5. The van der Waals surface area contributed by atoms with Gasteiger partial charge in [-0.3, -0.25) is 0 Å². The summed E-state index contributed by atoms with van der Waals surface area (Å²) in [5, 5.41) is 13.5. The fourth-order valence-electron chi connectivity index (χ4n) is 2.44. The summed E-state index contributed by atoms with van der Waals surface area (Å²) in [6, 6.07) is 18.8. The van der Waals surface area contributed by atoms with Gasteiger partial charge in [-0.05, 0) is 24.3 Å². The number of halogens is 1. The zero-order valence-electron chi connectivity index (χ0n) is 14.7. The maximum absolute atomic E-state index is 6.08. The Morgan fingerprint density at radius 3 is 2.64 bits per heavy atom. The number of aromatic nitrogens is 4. The largest absolute Gasteiger partial charge is 0.486 e. The molecule has 4 rings (SSSR count). The van der Waals surface area contributed by atoms with Gasteiger partial charge in [0.2, 0.25) is 5.16 Å². The molecule has 0 radical (unpaired) electrons. The number of benzene rings is 2. The molecule has 2 heterocycles. The van der Waals surface area contributed by atoms with Crippen molar-refractivity contribution in [3.05, 3.63) is 77.2 Å². The van der Waals surface area contributed by atoms with Crippen LogP contribution in [0.1, 0.15) is 11.5 Å². The number of hydrogen-bond donors (Lipinski definition) is 1. The van der Waals surface area contributed by atoms with Crippen LogP contribution in [0.5, 0.6) is 5.75 Å². The van der Waals surface area contributed by atoms with Gasteiger partial charge in [0.15, 0.2) is 11.6 Å². The second kappa shape index (κ2) is 8.37. The Bertz CT molecular complexity index is 1050. The van der Waals surface area contributed by atoms with Crippen molar-refractivity contribution in [1.29, 1.82) is 0 Å². The summed E-state index contributed by atoms with van der Waals surface area (Å²) in [6.07, 6.45) is 0. The van der Waals surface area contributed by atoms with Gasteiger partial charge in [-0.1, -0.05) is 58.9 Å². The lowest BCUT2D eigenvalue weighted by molar-refractivity contribution is 0.291. The molecule has 0 spiro atoms. The van der Waals surface area contributed by atoms with Gasteiger partial charge in [0.05, 0.1) is 5.69 Å². The van der Waals surface area contributed by atoms with Crippen LogP contribution in [0.25, 0.3) is 11.3 Å². The van der Waals surface area contributed by atoms with Gasteiger partial charge in [0.25, 0.3) is 0 Å². The van der Waals surface area contributed by atoms with Crippen molar-refractivity contribution < 1.29 is 9.26 Å². The van der Waals surface area contributed by atoms with Crippen molar-refractivity contribution in [1.82, 2.24) is 20.0 Å². The Hall–Kier alpha value is -2.97. The Balaban J connectivity index is 1.36. The summed E-state index contributed by atoms with van der Waals surface area (Å²) in [5.74, 6) is 8.56. The minimum atomic E-state index is 0.202. The van der Waals surface area contributed by atoms with E-state index >= 15 is 0 Å². The molecule has 0 bridgehead atoms. The SMILES string of the molecule is Nn1c(COc2ccc(Cl)cc2)nnc1SCc1cc(-c2ccccc2)on1. The van der Waals surface area contributed by atoms with Crippen molar-refractivity contribution >= 4 is 23.4 Å². The monoisotopic (exact) mass is 413 g/mol. The molecule has 0 saturated carbocycles. The van der Waals surface area contributed by atoms with Crippen LogP contribution in [-0.2, 0) is 12.4 Å². The molecule has 0 aliphatic carbocycles. The van der Waals surface area contributed by atoms with Crippen LogP contribution < -0.4 is 10.6 Å². The predicted octanol–water partition coefficient (Wildman–Crippen LogP) is 4.17. The molecule has 2 aromatic carbocycles. The number of thioether (sulfide) groups is 1. The molecule has 0 fully saturated rings. The third-order valence-corrected chi connectivity index (χ3v) is 5.11. The van der Waals surface area contributed by atoms with E-state index in [4.69, 9.17) is 26.7 Å². The fraction of sp³-hybridized carbons (Fsp3) is 0.105. The average molecular weight is 414 g/mol. The van der Waals surface area contributed by atoms with E-state index in [9.17, 15) is 0 Å². The maximum Gasteiger partial charge on any atom is 0.210 e. The van der Waals surface area contributed by atoms with Crippen LogP contribution in [0.4, 0.5) is 0 Å². The van der Waals surface area contributed by atoms with Crippen LogP contribution in [-0.4, -0.2) is 20.0 Å². The summed E-state index contributed by atoms with van der Waals surface area (Å²) in [5.41, 5.74) is 1.78. The molecule has 142 valence electrons. The van der Waals surface area contributed by atoms with Crippen molar-refractivity contribution in [2.24, 2.45) is 0 Å². The molecule has 2 aromatic heterocycles. The van der Waals surface area contributed by atoms with Crippen LogP contribution in [0.15, 0.2) is 70.3 Å². The summed E-state index contributed by atoms with van der Waals surface area (Å²) >= 11 is 7.28. The van der Waals surface area contributed by atoms with Crippen molar-refractivity contribution in [2.45, 2.75) is 17.5 Å². The minimum absolute atomic E-state index is 0.202. The van der Waals surface area contributed by atoms with E-state index in [-0.39, 0.29) is 6.61 Å². The highest BCUT2D eigenvalue weighted by Crippen LogP contribution is 2.25. The van der Waals surface area contributed by atoms with Crippen molar-refractivity contribution in [2.75, 3.05) is 5.84 Å². The van der Waals surface area contributed by atoms with E-state index in [0.29, 0.717) is 27.5 Å². The lowest BCUT2D eigenvalue weighted by atomic mass is 10.2. The van der Waals surface area contributed by atoms with E-state index in [1.165, 1.54) is 16.4 Å². The minimum Gasteiger partial charge on any atom is -0.486 e. The standard InChI is InChI=1S/C19H16ClN5O2S/c20-14-6-8-16(9-7-14)26-11-18-22-23-19(25(18)21)28-12-15-10-17(27-24-15)13-4-2-1-3-5-13/h1-10H,11-12,21H2. The molecule has 0 saturated heterocycles. The molecule has 4 aromatic rings. The van der Waals surface area contributed by atoms with E-state index < -0.39 is 0 Å². The van der Waals surface area contributed by atoms with Crippen LogP contribution >= 0.6 is 23.4 Å². The van der Waals surface area contributed by atoms with E-state index in [1.807, 2.05) is 36.4 Å². The quantitative estimate of drug-likeness (QED) is 0.359. The number of nitrogens with two attached hydrogens (primary N) is 1. The van der Waals surface area contributed by atoms with Crippen LogP contribution in [0.3, 0.4) is 0 Å². The molecule has 2 N–H and O–H groups in total. The Morgan fingerprint density at radius 2 is 1.86 bits per heavy atom.